The number of anilines is 1. The fourth-order valence-corrected chi connectivity index (χ4v) is 5.06. The highest BCUT2D eigenvalue weighted by atomic mass is 79.9. The van der Waals surface area contributed by atoms with Gasteiger partial charge < -0.3 is 15.0 Å². The Bertz CT molecular complexity index is 1130. The zero-order valence-corrected chi connectivity index (χ0v) is 24.5. The van der Waals surface area contributed by atoms with E-state index in [0.717, 1.165) is 29.1 Å². The van der Waals surface area contributed by atoms with Crippen LogP contribution in [0.2, 0.25) is 0 Å². The lowest BCUT2D eigenvalue weighted by Gasteiger charge is -2.29. The van der Waals surface area contributed by atoms with E-state index in [1.165, 1.54) is 4.31 Å². The van der Waals surface area contributed by atoms with Crippen molar-refractivity contribution < 1.29 is 22.7 Å². The standard InChI is InChI=1S/C27H38BrN3O5S/c1-5-7-18-29-27(33)21(3)30(20-22-14-16-23(28)17-15-22)26(32)13-10-19-31(37(4,34)35)24-11-8-9-12-25(24)36-6-2/h8-9,11-12,14-17,21H,5-7,10,13,18-20H2,1-4H3,(H,29,33). The van der Waals surface area contributed by atoms with E-state index in [0.29, 0.717) is 24.6 Å². The fourth-order valence-electron chi connectivity index (χ4n) is 3.83. The van der Waals surface area contributed by atoms with E-state index < -0.39 is 16.1 Å². The molecule has 2 amide bonds. The molecule has 8 nitrogen and oxygen atoms in total. The van der Waals surface area contributed by atoms with Gasteiger partial charge in [-0.3, -0.25) is 13.9 Å². The van der Waals surface area contributed by atoms with Gasteiger partial charge in [0.2, 0.25) is 21.8 Å². The van der Waals surface area contributed by atoms with Crippen LogP contribution in [0.3, 0.4) is 0 Å². The van der Waals surface area contributed by atoms with Crippen molar-refractivity contribution >= 4 is 43.5 Å². The van der Waals surface area contributed by atoms with Crippen LogP contribution in [0.5, 0.6) is 5.75 Å². The van der Waals surface area contributed by atoms with Crippen molar-refractivity contribution in [3.8, 4) is 5.75 Å². The molecule has 1 unspecified atom stereocenters. The topological polar surface area (TPSA) is 96.0 Å². The van der Waals surface area contributed by atoms with Crippen LogP contribution in [-0.2, 0) is 26.2 Å². The van der Waals surface area contributed by atoms with Crippen LogP contribution in [0.1, 0.15) is 52.0 Å². The number of amides is 2. The van der Waals surface area contributed by atoms with E-state index in [1.54, 1.807) is 36.1 Å². The van der Waals surface area contributed by atoms with Crippen molar-refractivity contribution in [1.82, 2.24) is 10.2 Å². The monoisotopic (exact) mass is 595 g/mol. The molecular formula is C27H38BrN3O5S. The number of carbonyl (C=O) groups is 2. The Morgan fingerprint density at radius 1 is 1.05 bits per heavy atom. The van der Waals surface area contributed by atoms with Crippen molar-refractivity contribution in [3.63, 3.8) is 0 Å². The summed E-state index contributed by atoms with van der Waals surface area (Å²) in [7, 11) is -3.61. The Kier molecular flexibility index (Phi) is 12.4. The molecule has 0 bridgehead atoms. The number of carbonyl (C=O) groups excluding carboxylic acids is 2. The molecule has 2 aromatic rings. The quantitative estimate of drug-likeness (QED) is 0.300. The summed E-state index contributed by atoms with van der Waals surface area (Å²) >= 11 is 3.42. The molecule has 2 aromatic carbocycles. The smallest absolute Gasteiger partial charge is 0.242 e. The fraction of sp³-hybridized carbons (Fsp3) is 0.481. The van der Waals surface area contributed by atoms with Crippen LogP contribution in [0.15, 0.2) is 53.0 Å². The Morgan fingerprint density at radius 2 is 1.73 bits per heavy atom. The number of nitrogens with one attached hydrogen (secondary N) is 1. The van der Waals surface area contributed by atoms with E-state index in [1.807, 2.05) is 38.1 Å². The number of unbranched alkanes of at least 4 members (excludes halogenated alkanes) is 1. The normalized spacial score (nSPS) is 12.0. The van der Waals surface area contributed by atoms with E-state index in [-0.39, 0.29) is 37.7 Å². The summed E-state index contributed by atoms with van der Waals surface area (Å²) in [6.45, 7) is 6.94. The average molecular weight is 597 g/mol. The second-order valence-electron chi connectivity index (χ2n) is 8.81. The Labute approximate surface area is 229 Å². The molecule has 37 heavy (non-hydrogen) atoms. The lowest BCUT2D eigenvalue weighted by molar-refractivity contribution is -0.140. The number of hydrogen-bond donors (Lipinski definition) is 1. The summed E-state index contributed by atoms with van der Waals surface area (Å²) in [5, 5.41) is 2.91. The lowest BCUT2D eigenvalue weighted by Crippen LogP contribution is -2.48. The van der Waals surface area contributed by atoms with Crippen LogP contribution in [-0.4, -0.2) is 57.1 Å². The Balaban J connectivity index is 2.17. The number of benzene rings is 2. The van der Waals surface area contributed by atoms with Gasteiger partial charge in [-0.25, -0.2) is 8.42 Å². The van der Waals surface area contributed by atoms with Crippen molar-refractivity contribution in [1.29, 1.82) is 0 Å². The molecule has 0 fully saturated rings. The minimum Gasteiger partial charge on any atom is -0.492 e. The highest BCUT2D eigenvalue weighted by molar-refractivity contribution is 9.10. The maximum atomic E-state index is 13.4. The molecule has 0 spiro atoms. The van der Waals surface area contributed by atoms with E-state index in [2.05, 4.69) is 21.2 Å². The van der Waals surface area contributed by atoms with Crippen LogP contribution >= 0.6 is 15.9 Å². The number of para-hydroxylation sites is 2. The SMILES string of the molecule is CCCCNC(=O)C(C)N(Cc1ccc(Br)cc1)C(=O)CCCN(c1ccccc1OCC)S(C)(=O)=O. The molecule has 0 saturated heterocycles. The Hall–Kier alpha value is -2.59. The maximum Gasteiger partial charge on any atom is 0.242 e. The Morgan fingerprint density at radius 3 is 2.35 bits per heavy atom. The third kappa shape index (κ3) is 9.66. The third-order valence-corrected chi connectivity index (χ3v) is 7.56. The first-order chi connectivity index (χ1) is 17.6. The summed E-state index contributed by atoms with van der Waals surface area (Å²) in [6.07, 6.45) is 3.34. The highest BCUT2D eigenvalue weighted by Crippen LogP contribution is 2.30. The van der Waals surface area contributed by atoms with Gasteiger partial charge in [0.05, 0.1) is 18.6 Å². The van der Waals surface area contributed by atoms with Crippen molar-refractivity contribution in [3.05, 3.63) is 58.6 Å². The van der Waals surface area contributed by atoms with Crippen LogP contribution in [0.25, 0.3) is 0 Å². The lowest BCUT2D eigenvalue weighted by atomic mass is 10.1. The minimum absolute atomic E-state index is 0.0892. The molecule has 0 saturated carbocycles. The molecule has 204 valence electrons. The summed E-state index contributed by atoms with van der Waals surface area (Å²) in [5.41, 5.74) is 1.34. The molecule has 0 aromatic heterocycles. The van der Waals surface area contributed by atoms with Gasteiger partial charge in [0.25, 0.3) is 0 Å². The van der Waals surface area contributed by atoms with Gasteiger partial charge in [-0.2, -0.15) is 0 Å². The van der Waals surface area contributed by atoms with Gasteiger partial charge in [0.15, 0.2) is 0 Å². The zero-order valence-electron chi connectivity index (χ0n) is 22.1. The van der Waals surface area contributed by atoms with Gasteiger partial charge in [-0.05, 0) is 56.5 Å². The maximum absolute atomic E-state index is 13.4. The number of ether oxygens (including phenoxy) is 1. The van der Waals surface area contributed by atoms with Crippen molar-refractivity contribution in [2.24, 2.45) is 0 Å². The van der Waals surface area contributed by atoms with Gasteiger partial charge >= 0.3 is 0 Å². The first kappa shape index (κ1) is 30.6. The zero-order chi connectivity index (χ0) is 27.4. The van der Waals surface area contributed by atoms with Gasteiger partial charge in [0, 0.05) is 30.5 Å². The molecule has 0 heterocycles. The molecule has 10 heteroatoms. The van der Waals surface area contributed by atoms with Gasteiger partial charge in [0.1, 0.15) is 11.8 Å². The first-order valence-electron chi connectivity index (χ1n) is 12.6. The van der Waals surface area contributed by atoms with E-state index in [9.17, 15) is 18.0 Å². The van der Waals surface area contributed by atoms with Gasteiger partial charge in [-0.15, -0.1) is 0 Å². The second kappa shape index (κ2) is 15.0. The highest BCUT2D eigenvalue weighted by Gasteiger charge is 2.27. The van der Waals surface area contributed by atoms with Crippen LogP contribution in [0.4, 0.5) is 5.69 Å². The molecule has 1 N–H and O–H groups in total. The molecular weight excluding hydrogens is 558 g/mol. The second-order valence-corrected chi connectivity index (χ2v) is 11.6. The van der Waals surface area contributed by atoms with Gasteiger partial charge in [-0.1, -0.05) is 53.5 Å². The predicted octanol–water partition coefficient (Wildman–Crippen LogP) is 4.73. The summed E-state index contributed by atoms with van der Waals surface area (Å²) in [4.78, 5) is 27.7. The number of rotatable bonds is 15. The molecule has 0 aliphatic rings. The number of nitrogens with zero attached hydrogens (tertiary/aromatic N) is 2. The first-order valence-corrected chi connectivity index (χ1v) is 15.2. The van der Waals surface area contributed by atoms with Crippen LogP contribution in [0, 0.1) is 0 Å². The van der Waals surface area contributed by atoms with Crippen molar-refractivity contribution in [2.45, 2.75) is 59.0 Å². The van der Waals surface area contributed by atoms with E-state index in [4.69, 9.17) is 4.74 Å². The molecule has 0 aliphatic heterocycles. The van der Waals surface area contributed by atoms with Crippen molar-refractivity contribution in [2.75, 3.05) is 30.3 Å². The summed E-state index contributed by atoms with van der Waals surface area (Å²) in [6, 6.07) is 13.9. The number of sulfonamides is 1. The molecule has 1 atom stereocenters. The summed E-state index contributed by atoms with van der Waals surface area (Å²) < 4.78 is 33.0. The third-order valence-electron chi connectivity index (χ3n) is 5.85. The predicted molar refractivity (Wildman–Crippen MR) is 151 cm³/mol. The molecule has 2 rings (SSSR count). The number of hydrogen-bond acceptors (Lipinski definition) is 5. The minimum atomic E-state index is -3.61. The van der Waals surface area contributed by atoms with E-state index >= 15 is 0 Å². The summed E-state index contributed by atoms with van der Waals surface area (Å²) in [5.74, 6) is 0.0471. The van der Waals surface area contributed by atoms with Crippen LogP contribution < -0.4 is 14.4 Å². The average Bonchev–Trinajstić information content (AvgIpc) is 2.86. The largest absolute Gasteiger partial charge is 0.492 e. The molecule has 0 aliphatic carbocycles. The number of halogens is 1. The molecule has 0 radical (unpaired) electrons.